The van der Waals surface area contributed by atoms with Crippen LogP contribution in [0.15, 0.2) is 29.3 Å². The van der Waals surface area contributed by atoms with E-state index in [0.29, 0.717) is 0 Å². The molecule has 8 nitrogen and oxygen atoms in total. The number of aliphatic hydroxyl groups excluding tert-OH is 2. The van der Waals surface area contributed by atoms with Crippen LogP contribution in [0.2, 0.25) is 0 Å². The molecule has 0 aromatic heterocycles. The number of nitrogens with zero attached hydrogens (tertiary/aromatic N) is 2. The maximum absolute atomic E-state index is 13.6. The van der Waals surface area contributed by atoms with Gasteiger partial charge >= 0.3 is 12.3 Å². The lowest BCUT2D eigenvalue weighted by Gasteiger charge is -2.41. The maximum Gasteiger partial charge on any atom is 0.417 e. The highest BCUT2D eigenvalue weighted by Crippen LogP contribution is 2.41. The Hall–Kier alpha value is -1.93. The SMILES string of the molecule is CN(C(=O)O)C1=N[C@@H]2[C@@H](O)[C@H](O)[C@@H]([C@@H](OCc3ccc(F)cc3)C(F)(F)F)O[C@@H]2S1. The first-order chi connectivity index (χ1) is 14.0. The zero-order chi connectivity index (χ0) is 22.2. The Bertz CT molecular complexity index is 808. The second-order valence-electron chi connectivity index (χ2n) is 6.71. The van der Waals surface area contributed by atoms with E-state index in [0.717, 1.165) is 28.8 Å². The van der Waals surface area contributed by atoms with Crippen molar-refractivity contribution in [2.75, 3.05) is 7.05 Å². The van der Waals surface area contributed by atoms with Crippen molar-refractivity contribution in [1.82, 2.24) is 4.90 Å². The number of hydrogen-bond acceptors (Lipinski definition) is 7. The van der Waals surface area contributed by atoms with Crippen molar-refractivity contribution in [3.63, 3.8) is 0 Å². The van der Waals surface area contributed by atoms with Gasteiger partial charge in [-0.3, -0.25) is 9.89 Å². The predicted octanol–water partition coefficient (Wildman–Crippen LogP) is 1.80. The molecule has 3 N–H and O–H groups in total. The number of rotatable bonds is 4. The van der Waals surface area contributed by atoms with E-state index >= 15 is 0 Å². The van der Waals surface area contributed by atoms with Gasteiger partial charge in [0, 0.05) is 7.05 Å². The molecule has 1 aromatic carbocycles. The number of carboxylic acid groups (broad SMARTS) is 1. The van der Waals surface area contributed by atoms with Crippen molar-refractivity contribution >= 4 is 23.0 Å². The summed E-state index contributed by atoms with van der Waals surface area (Å²) in [6, 6.07) is 3.48. The normalized spacial score (nSPS) is 29.8. The first-order valence-corrected chi connectivity index (χ1v) is 9.52. The van der Waals surface area contributed by atoms with Gasteiger partial charge in [0.05, 0.1) is 6.61 Å². The number of ether oxygens (including phenoxy) is 2. The number of amidine groups is 1. The Balaban J connectivity index is 1.77. The predicted molar refractivity (Wildman–Crippen MR) is 96.3 cm³/mol. The Labute approximate surface area is 172 Å². The molecule has 30 heavy (non-hydrogen) atoms. The fourth-order valence-electron chi connectivity index (χ4n) is 3.01. The molecule has 0 saturated carbocycles. The van der Waals surface area contributed by atoms with Gasteiger partial charge in [-0.25, -0.2) is 9.18 Å². The summed E-state index contributed by atoms with van der Waals surface area (Å²) < 4.78 is 64.2. The molecule has 2 aliphatic rings. The van der Waals surface area contributed by atoms with Gasteiger partial charge < -0.3 is 24.8 Å². The average molecular weight is 454 g/mol. The number of carbonyl (C=O) groups is 1. The van der Waals surface area contributed by atoms with Gasteiger partial charge in [-0.15, -0.1) is 0 Å². The fraction of sp³-hybridized carbons (Fsp3) is 0.529. The molecule has 166 valence electrons. The first kappa shape index (κ1) is 22.7. The van der Waals surface area contributed by atoms with Crippen molar-refractivity contribution < 1.29 is 47.1 Å². The summed E-state index contributed by atoms with van der Waals surface area (Å²) in [5.41, 5.74) is -0.886. The second-order valence-corrected chi connectivity index (χ2v) is 7.78. The Morgan fingerprint density at radius 1 is 1.30 bits per heavy atom. The number of benzene rings is 1. The summed E-state index contributed by atoms with van der Waals surface area (Å²) in [6.45, 7) is -0.544. The lowest BCUT2D eigenvalue weighted by molar-refractivity contribution is -0.286. The monoisotopic (exact) mass is 454 g/mol. The number of thioether (sulfide) groups is 1. The summed E-state index contributed by atoms with van der Waals surface area (Å²) in [5.74, 6) is -0.563. The minimum Gasteiger partial charge on any atom is -0.465 e. The molecule has 0 spiro atoms. The molecule has 2 heterocycles. The van der Waals surface area contributed by atoms with E-state index in [9.17, 15) is 32.6 Å². The van der Waals surface area contributed by atoms with Crippen LogP contribution in [-0.4, -0.2) is 80.6 Å². The molecule has 3 rings (SSSR count). The van der Waals surface area contributed by atoms with Crippen LogP contribution in [0.25, 0.3) is 0 Å². The summed E-state index contributed by atoms with van der Waals surface area (Å²) in [6.07, 6.45) is -14.6. The zero-order valence-corrected chi connectivity index (χ0v) is 16.2. The van der Waals surface area contributed by atoms with E-state index in [-0.39, 0.29) is 10.7 Å². The smallest absolute Gasteiger partial charge is 0.417 e. The van der Waals surface area contributed by atoms with Gasteiger partial charge in [0.15, 0.2) is 11.3 Å². The van der Waals surface area contributed by atoms with E-state index in [4.69, 9.17) is 14.6 Å². The van der Waals surface area contributed by atoms with Crippen LogP contribution < -0.4 is 0 Å². The van der Waals surface area contributed by atoms with Crippen LogP contribution in [0.1, 0.15) is 5.56 Å². The van der Waals surface area contributed by atoms with Crippen LogP contribution in [0, 0.1) is 5.82 Å². The highest BCUT2D eigenvalue weighted by atomic mass is 32.2. The first-order valence-electron chi connectivity index (χ1n) is 8.64. The highest BCUT2D eigenvalue weighted by Gasteiger charge is 2.57. The molecule has 0 aliphatic carbocycles. The van der Waals surface area contributed by atoms with Crippen LogP contribution in [0.4, 0.5) is 22.4 Å². The van der Waals surface area contributed by atoms with Gasteiger partial charge in [-0.05, 0) is 17.7 Å². The average Bonchev–Trinajstić information content (AvgIpc) is 3.09. The summed E-state index contributed by atoms with van der Waals surface area (Å²) in [4.78, 5) is 15.8. The lowest BCUT2D eigenvalue weighted by Crippen LogP contribution is -2.61. The van der Waals surface area contributed by atoms with Gasteiger partial charge in [0.25, 0.3) is 0 Å². The van der Waals surface area contributed by atoms with Crippen molar-refractivity contribution in [2.24, 2.45) is 4.99 Å². The van der Waals surface area contributed by atoms with E-state index in [1.54, 1.807) is 0 Å². The largest absolute Gasteiger partial charge is 0.465 e. The molecule has 6 atom stereocenters. The molecule has 1 amide bonds. The summed E-state index contributed by atoms with van der Waals surface area (Å²) in [5, 5.41) is 29.5. The number of alkyl halides is 3. The van der Waals surface area contributed by atoms with Crippen LogP contribution in [-0.2, 0) is 16.1 Å². The Morgan fingerprint density at radius 3 is 2.50 bits per heavy atom. The van der Waals surface area contributed by atoms with Crippen molar-refractivity contribution in [3.8, 4) is 0 Å². The number of aliphatic hydroxyl groups is 2. The number of fused-ring (bicyclic) bond motifs is 1. The Morgan fingerprint density at radius 2 is 1.93 bits per heavy atom. The molecule has 1 saturated heterocycles. The highest BCUT2D eigenvalue weighted by molar-refractivity contribution is 8.14. The number of aliphatic imine (C=N–C) groups is 1. The second kappa shape index (κ2) is 8.67. The van der Waals surface area contributed by atoms with Crippen LogP contribution in [0.5, 0.6) is 0 Å². The van der Waals surface area contributed by atoms with E-state index in [2.05, 4.69) is 4.99 Å². The summed E-state index contributed by atoms with van der Waals surface area (Å²) >= 11 is 0.722. The minimum atomic E-state index is -4.96. The topological polar surface area (TPSA) is 112 Å². The standard InChI is InChI=1S/C17H18F4N2O6S/c1-23(16(26)27)15-22-9-10(24)11(25)12(29-14(9)30-15)13(17(19,20)21)28-6-7-2-4-8(18)5-3-7/h2-5,9-14,24-25H,6H2,1H3,(H,26,27)/t9-,10-,11+,12+,13-,14-/m1/s1. The molecular formula is C17H18F4N2O6S. The van der Waals surface area contributed by atoms with Gasteiger partial charge in [0.2, 0.25) is 0 Å². The minimum absolute atomic E-state index is 0.0832. The molecule has 1 aromatic rings. The van der Waals surface area contributed by atoms with Gasteiger partial charge in [-0.1, -0.05) is 23.9 Å². The van der Waals surface area contributed by atoms with Gasteiger partial charge in [0.1, 0.15) is 35.6 Å². The third-order valence-corrected chi connectivity index (χ3v) is 5.84. The quantitative estimate of drug-likeness (QED) is 0.595. The number of hydrogen-bond donors (Lipinski definition) is 3. The molecular weight excluding hydrogens is 436 g/mol. The van der Waals surface area contributed by atoms with Crippen molar-refractivity contribution in [3.05, 3.63) is 35.6 Å². The molecule has 13 heteroatoms. The van der Waals surface area contributed by atoms with Gasteiger partial charge in [-0.2, -0.15) is 13.2 Å². The molecule has 0 radical (unpaired) electrons. The van der Waals surface area contributed by atoms with E-state index in [1.807, 2.05) is 0 Å². The Kier molecular flexibility index (Phi) is 6.57. The third-order valence-electron chi connectivity index (χ3n) is 4.63. The van der Waals surface area contributed by atoms with Crippen molar-refractivity contribution in [2.45, 2.75) is 48.7 Å². The molecule has 0 unspecified atom stereocenters. The third kappa shape index (κ3) is 4.70. The fourth-order valence-corrected chi connectivity index (χ4v) is 4.18. The van der Waals surface area contributed by atoms with E-state index in [1.165, 1.54) is 19.2 Å². The molecule has 2 aliphatic heterocycles. The summed E-state index contributed by atoms with van der Waals surface area (Å²) in [7, 11) is 1.18. The van der Waals surface area contributed by atoms with Crippen LogP contribution in [0.3, 0.4) is 0 Å². The lowest BCUT2D eigenvalue weighted by atomic mass is 9.94. The number of halogens is 4. The molecule has 1 fully saturated rings. The van der Waals surface area contributed by atoms with Crippen LogP contribution >= 0.6 is 11.8 Å². The van der Waals surface area contributed by atoms with Crippen molar-refractivity contribution in [1.29, 1.82) is 0 Å². The zero-order valence-electron chi connectivity index (χ0n) is 15.4. The number of amides is 1. The van der Waals surface area contributed by atoms with E-state index < -0.39 is 60.6 Å². The maximum atomic E-state index is 13.6. The molecule has 0 bridgehead atoms.